The normalized spacial score (nSPS) is 11.6. The van der Waals surface area contributed by atoms with Gasteiger partial charge < -0.3 is 4.74 Å². The van der Waals surface area contributed by atoms with E-state index in [0.29, 0.717) is 16.7 Å². The molecule has 154 valence electrons. The molecule has 12 heteroatoms. The quantitative estimate of drug-likeness (QED) is 0.480. The van der Waals surface area contributed by atoms with Gasteiger partial charge in [-0.05, 0) is 30.3 Å². The van der Waals surface area contributed by atoms with Crippen molar-refractivity contribution in [2.75, 3.05) is 11.4 Å². The van der Waals surface area contributed by atoms with Crippen molar-refractivity contribution in [1.82, 2.24) is 15.2 Å². The number of anilines is 2. The van der Waals surface area contributed by atoms with E-state index in [1.807, 2.05) is 0 Å². The Bertz CT molecular complexity index is 1420. The zero-order valence-corrected chi connectivity index (χ0v) is 17.6. The second-order valence-corrected chi connectivity index (χ2v) is 9.16. The molecule has 2 aromatic carbocycles. The summed E-state index contributed by atoms with van der Waals surface area (Å²) in [5.41, 5.74) is -0.500. The van der Waals surface area contributed by atoms with E-state index in [9.17, 15) is 17.6 Å². The van der Waals surface area contributed by atoms with Crippen LogP contribution in [-0.4, -0.2) is 30.7 Å². The largest absolute Gasteiger partial charge is 0.495 e. The summed E-state index contributed by atoms with van der Waals surface area (Å²) < 4.78 is 47.1. The lowest BCUT2D eigenvalue weighted by Gasteiger charge is -2.24. The van der Waals surface area contributed by atoms with E-state index < -0.39 is 20.7 Å². The fourth-order valence-electron chi connectivity index (χ4n) is 2.83. The molecule has 0 fully saturated rings. The Morgan fingerprint density at radius 2 is 2.00 bits per heavy atom. The summed E-state index contributed by atoms with van der Waals surface area (Å²) >= 11 is 6.62. The number of aromatic amines is 1. The number of hydrogen-bond donors (Lipinski definition) is 1. The Morgan fingerprint density at radius 3 is 2.70 bits per heavy atom. The first-order chi connectivity index (χ1) is 14.3. The molecule has 0 atom stereocenters. The molecule has 0 radical (unpaired) electrons. The van der Waals surface area contributed by atoms with Gasteiger partial charge in [0, 0.05) is 10.4 Å². The summed E-state index contributed by atoms with van der Waals surface area (Å²) in [4.78, 5) is 15.8. The smallest absolute Gasteiger partial charge is 0.272 e. The number of hydrogen-bond acceptors (Lipinski definition) is 7. The van der Waals surface area contributed by atoms with Crippen molar-refractivity contribution in [2.24, 2.45) is 0 Å². The van der Waals surface area contributed by atoms with Gasteiger partial charge in [-0.25, -0.2) is 22.8 Å². The number of nitrogens with one attached hydrogen (secondary N) is 1. The van der Waals surface area contributed by atoms with Crippen molar-refractivity contribution in [3.05, 3.63) is 69.3 Å². The Hall–Kier alpha value is -3.02. The van der Waals surface area contributed by atoms with Gasteiger partial charge in [-0.15, -0.1) is 0 Å². The molecule has 0 bridgehead atoms. The van der Waals surface area contributed by atoms with Crippen LogP contribution in [0, 0.1) is 5.13 Å². The average molecular weight is 467 g/mol. The topological polar surface area (TPSA) is 105 Å². The van der Waals surface area contributed by atoms with E-state index >= 15 is 0 Å². The second-order valence-electron chi connectivity index (χ2n) is 5.98. The Kier molecular flexibility index (Phi) is 5.18. The molecule has 1 N–H and O–H groups in total. The molecule has 8 nitrogen and oxygen atoms in total. The Morgan fingerprint density at radius 1 is 1.20 bits per heavy atom. The van der Waals surface area contributed by atoms with Gasteiger partial charge in [-0.2, -0.15) is 9.49 Å². The number of benzene rings is 2. The molecular weight excluding hydrogens is 455 g/mol. The maximum Gasteiger partial charge on any atom is 0.272 e. The standard InChI is InChI=1S/C18H12ClFN4O4S2/c1-28-15-5-3-11(19)6-14(15)24(18-21-9-16(20)29-18)30(26,27)12-4-2-10-8-22-23-17(25)13(10)7-12/h2-9H,1H3,(H,23,25). The molecule has 0 unspecified atom stereocenters. The van der Waals surface area contributed by atoms with Crippen LogP contribution in [0.15, 0.2) is 58.5 Å². The first-order valence-electron chi connectivity index (χ1n) is 8.29. The highest BCUT2D eigenvalue weighted by Crippen LogP contribution is 2.41. The maximum absolute atomic E-state index is 13.7. The third kappa shape index (κ3) is 3.51. The summed E-state index contributed by atoms with van der Waals surface area (Å²) in [5.74, 6) is 0.182. The summed E-state index contributed by atoms with van der Waals surface area (Å²) in [7, 11) is -2.99. The van der Waals surface area contributed by atoms with Gasteiger partial charge >= 0.3 is 0 Å². The number of thiazole rings is 1. The monoisotopic (exact) mass is 466 g/mol. The van der Waals surface area contributed by atoms with E-state index in [1.54, 1.807) is 0 Å². The van der Waals surface area contributed by atoms with E-state index in [2.05, 4.69) is 15.2 Å². The molecular formula is C18H12ClFN4O4S2. The van der Waals surface area contributed by atoms with Crippen molar-refractivity contribution in [2.45, 2.75) is 4.90 Å². The molecule has 0 saturated carbocycles. The van der Waals surface area contributed by atoms with Gasteiger partial charge in [0.05, 0.1) is 29.8 Å². The molecule has 2 heterocycles. The highest BCUT2D eigenvalue weighted by molar-refractivity contribution is 7.93. The maximum atomic E-state index is 13.7. The minimum absolute atomic E-state index is 0.0445. The number of H-pyrrole nitrogens is 1. The van der Waals surface area contributed by atoms with Gasteiger partial charge in [0.2, 0.25) is 5.13 Å². The highest BCUT2D eigenvalue weighted by Gasteiger charge is 2.32. The Labute approximate surface area is 178 Å². The lowest BCUT2D eigenvalue weighted by atomic mass is 10.2. The first kappa shape index (κ1) is 20.3. The third-order valence-electron chi connectivity index (χ3n) is 4.18. The fraction of sp³-hybridized carbons (Fsp3) is 0.0556. The highest BCUT2D eigenvalue weighted by atomic mass is 35.5. The van der Waals surface area contributed by atoms with Crippen molar-refractivity contribution < 1.29 is 17.5 Å². The number of nitrogens with zero attached hydrogens (tertiary/aromatic N) is 3. The van der Waals surface area contributed by atoms with Crippen molar-refractivity contribution in [3.63, 3.8) is 0 Å². The fourth-order valence-corrected chi connectivity index (χ4v) is 5.34. The van der Waals surface area contributed by atoms with E-state index in [1.165, 1.54) is 49.7 Å². The van der Waals surface area contributed by atoms with Gasteiger partial charge in [-0.1, -0.05) is 29.0 Å². The number of methoxy groups -OCH3 is 1. The van der Waals surface area contributed by atoms with Crippen molar-refractivity contribution >= 4 is 54.6 Å². The van der Waals surface area contributed by atoms with Gasteiger partial charge in [-0.3, -0.25) is 4.79 Å². The zero-order valence-electron chi connectivity index (χ0n) is 15.2. The zero-order chi connectivity index (χ0) is 21.5. The van der Waals surface area contributed by atoms with Crippen LogP contribution in [-0.2, 0) is 10.0 Å². The molecule has 30 heavy (non-hydrogen) atoms. The van der Waals surface area contributed by atoms with Crippen molar-refractivity contribution in [1.29, 1.82) is 0 Å². The number of ether oxygens (including phenoxy) is 1. The summed E-state index contributed by atoms with van der Waals surface area (Å²) in [5, 5.41) is 5.96. The van der Waals surface area contributed by atoms with Crippen LogP contribution < -0.4 is 14.6 Å². The molecule has 0 aliphatic rings. The molecule has 4 aromatic rings. The van der Waals surface area contributed by atoms with E-state index in [-0.39, 0.29) is 31.9 Å². The minimum Gasteiger partial charge on any atom is -0.495 e. The van der Waals surface area contributed by atoms with Gasteiger partial charge in [0.25, 0.3) is 15.6 Å². The van der Waals surface area contributed by atoms with Crippen LogP contribution in [0.2, 0.25) is 5.02 Å². The van der Waals surface area contributed by atoms with Crippen LogP contribution in [0.5, 0.6) is 5.75 Å². The summed E-state index contributed by atoms with van der Waals surface area (Å²) in [6.45, 7) is 0. The predicted octanol–water partition coefficient (Wildman–Crippen LogP) is 3.71. The number of fused-ring (bicyclic) bond motifs is 1. The lowest BCUT2D eigenvalue weighted by Crippen LogP contribution is -2.27. The second kappa shape index (κ2) is 7.67. The van der Waals surface area contributed by atoms with Crippen LogP contribution in [0.3, 0.4) is 0 Å². The van der Waals surface area contributed by atoms with Crippen LogP contribution in [0.1, 0.15) is 0 Å². The van der Waals surface area contributed by atoms with Gasteiger partial charge in [0.15, 0.2) is 5.13 Å². The molecule has 0 saturated heterocycles. The van der Waals surface area contributed by atoms with Crippen LogP contribution in [0.25, 0.3) is 10.8 Å². The molecule has 2 aromatic heterocycles. The summed E-state index contributed by atoms with van der Waals surface area (Å²) in [6.07, 6.45) is 2.32. The third-order valence-corrected chi connectivity index (χ3v) is 7.00. The van der Waals surface area contributed by atoms with E-state index in [0.717, 1.165) is 10.5 Å². The Balaban J connectivity index is 1.99. The summed E-state index contributed by atoms with van der Waals surface area (Å²) in [6, 6.07) is 8.39. The SMILES string of the molecule is COc1ccc(Cl)cc1N(c1ncc(F)s1)S(=O)(=O)c1ccc2cn[nH]c(=O)c2c1. The number of sulfonamides is 1. The minimum atomic E-state index is -4.35. The molecule has 0 aliphatic carbocycles. The molecule has 0 amide bonds. The lowest BCUT2D eigenvalue weighted by molar-refractivity contribution is 0.416. The number of aromatic nitrogens is 3. The average Bonchev–Trinajstić information content (AvgIpc) is 3.14. The van der Waals surface area contributed by atoms with Crippen LogP contribution >= 0.6 is 22.9 Å². The molecule has 0 spiro atoms. The molecule has 4 rings (SSSR count). The van der Waals surface area contributed by atoms with Crippen LogP contribution in [0.4, 0.5) is 15.2 Å². The first-order valence-corrected chi connectivity index (χ1v) is 10.9. The number of halogens is 2. The van der Waals surface area contributed by atoms with E-state index in [4.69, 9.17) is 16.3 Å². The van der Waals surface area contributed by atoms with Gasteiger partial charge in [0.1, 0.15) is 11.4 Å². The van der Waals surface area contributed by atoms with Crippen molar-refractivity contribution in [3.8, 4) is 5.75 Å². The molecule has 0 aliphatic heterocycles. The predicted molar refractivity (Wildman–Crippen MR) is 112 cm³/mol. The number of rotatable bonds is 5.